The first-order chi connectivity index (χ1) is 6.27. The zero-order chi connectivity index (χ0) is 9.68. The predicted molar refractivity (Wildman–Crippen MR) is 50.2 cm³/mol. The van der Waals surface area contributed by atoms with E-state index in [-0.39, 0.29) is 12.5 Å². The predicted octanol–water partition coefficient (Wildman–Crippen LogP) is -0.170. The molecular weight excluding hydrogens is 168 g/mol. The zero-order valence-electron chi connectivity index (χ0n) is 8.16. The molecule has 0 radical (unpaired) electrons. The quantitative estimate of drug-likeness (QED) is 0.666. The van der Waals surface area contributed by atoms with Gasteiger partial charge in [0.25, 0.3) is 0 Å². The van der Waals surface area contributed by atoms with Gasteiger partial charge < -0.3 is 15.4 Å². The van der Waals surface area contributed by atoms with E-state index >= 15 is 0 Å². The number of ether oxygens (including phenoxy) is 1. The van der Waals surface area contributed by atoms with E-state index in [4.69, 9.17) is 10.5 Å². The number of piperidine rings is 1. The minimum Gasteiger partial charge on any atom is -0.375 e. The van der Waals surface area contributed by atoms with E-state index in [1.807, 2.05) is 4.90 Å². The van der Waals surface area contributed by atoms with Crippen LogP contribution in [-0.4, -0.2) is 44.2 Å². The standard InChI is InChI=1S/C9H18N2O2/c1-13-7-9(12)11-4-2-3-8(5-10)6-11/h8H,2-7,10H2,1H3. The maximum atomic E-state index is 11.4. The van der Waals surface area contributed by atoms with Crippen molar-refractivity contribution in [1.82, 2.24) is 4.90 Å². The fraction of sp³-hybridized carbons (Fsp3) is 0.889. The van der Waals surface area contributed by atoms with Crippen molar-refractivity contribution < 1.29 is 9.53 Å². The van der Waals surface area contributed by atoms with Gasteiger partial charge in [0.2, 0.25) is 5.91 Å². The van der Waals surface area contributed by atoms with Crippen LogP contribution in [0.5, 0.6) is 0 Å². The summed E-state index contributed by atoms with van der Waals surface area (Å²) in [6.45, 7) is 2.53. The topological polar surface area (TPSA) is 55.6 Å². The maximum absolute atomic E-state index is 11.4. The summed E-state index contributed by atoms with van der Waals surface area (Å²) < 4.78 is 4.80. The van der Waals surface area contributed by atoms with Crippen LogP contribution >= 0.6 is 0 Å². The Bertz CT molecular complexity index is 173. The summed E-state index contributed by atoms with van der Waals surface area (Å²) in [5.74, 6) is 0.565. The molecule has 0 aromatic rings. The largest absolute Gasteiger partial charge is 0.375 e. The maximum Gasteiger partial charge on any atom is 0.248 e. The van der Waals surface area contributed by atoms with Crippen LogP contribution in [0.3, 0.4) is 0 Å². The van der Waals surface area contributed by atoms with Crippen LogP contribution in [0.1, 0.15) is 12.8 Å². The Balaban J connectivity index is 2.37. The summed E-state index contributed by atoms with van der Waals surface area (Å²) in [7, 11) is 1.54. The lowest BCUT2D eigenvalue weighted by atomic mass is 9.98. The fourth-order valence-corrected chi connectivity index (χ4v) is 1.70. The molecule has 1 atom stereocenters. The molecule has 1 aliphatic heterocycles. The van der Waals surface area contributed by atoms with Crippen LogP contribution in [0.2, 0.25) is 0 Å². The number of hydrogen-bond acceptors (Lipinski definition) is 3. The minimum atomic E-state index is 0.0839. The van der Waals surface area contributed by atoms with Crippen LogP contribution in [0.25, 0.3) is 0 Å². The van der Waals surface area contributed by atoms with Crippen molar-refractivity contribution in [3.8, 4) is 0 Å². The van der Waals surface area contributed by atoms with E-state index in [1.165, 1.54) is 0 Å². The molecule has 1 unspecified atom stereocenters. The molecule has 0 aromatic heterocycles. The van der Waals surface area contributed by atoms with Gasteiger partial charge in [-0.2, -0.15) is 0 Å². The molecule has 76 valence electrons. The lowest BCUT2D eigenvalue weighted by molar-refractivity contribution is -0.136. The second-order valence-electron chi connectivity index (χ2n) is 3.52. The molecule has 4 heteroatoms. The minimum absolute atomic E-state index is 0.0839. The molecule has 0 saturated carbocycles. The van der Waals surface area contributed by atoms with Crippen molar-refractivity contribution in [3.05, 3.63) is 0 Å². The molecule has 1 saturated heterocycles. The van der Waals surface area contributed by atoms with Gasteiger partial charge in [-0.25, -0.2) is 0 Å². The first-order valence-electron chi connectivity index (χ1n) is 4.74. The Morgan fingerprint density at radius 3 is 3.08 bits per heavy atom. The van der Waals surface area contributed by atoms with E-state index in [0.717, 1.165) is 25.9 Å². The summed E-state index contributed by atoms with van der Waals surface area (Å²) in [6, 6.07) is 0. The second kappa shape index (κ2) is 5.19. The molecule has 0 aromatic carbocycles. The summed E-state index contributed by atoms with van der Waals surface area (Å²) in [6.07, 6.45) is 2.21. The van der Waals surface area contributed by atoms with Crippen molar-refractivity contribution in [3.63, 3.8) is 0 Å². The molecule has 1 heterocycles. The normalized spacial score (nSPS) is 23.2. The molecule has 1 amide bonds. The molecule has 13 heavy (non-hydrogen) atoms. The molecule has 0 spiro atoms. The molecule has 1 aliphatic rings. The third kappa shape index (κ3) is 2.97. The Morgan fingerprint density at radius 1 is 1.69 bits per heavy atom. The lowest BCUT2D eigenvalue weighted by Crippen LogP contribution is -2.43. The Morgan fingerprint density at radius 2 is 2.46 bits per heavy atom. The number of rotatable bonds is 3. The van der Waals surface area contributed by atoms with Gasteiger partial charge in [0, 0.05) is 20.2 Å². The number of nitrogens with two attached hydrogens (primary N) is 1. The highest BCUT2D eigenvalue weighted by Gasteiger charge is 2.22. The van der Waals surface area contributed by atoms with E-state index in [1.54, 1.807) is 7.11 Å². The fourth-order valence-electron chi connectivity index (χ4n) is 1.70. The summed E-state index contributed by atoms with van der Waals surface area (Å²) in [5.41, 5.74) is 5.57. The highest BCUT2D eigenvalue weighted by Crippen LogP contribution is 2.14. The van der Waals surface area contributed by atoms with Gasteiger partial charge in [0.15, 0.2) is 0 Å². The monoisotopic (exact) mass is 186 g/mol. The highest BCUT2D eigenvalue weighted by molar-refractivity contribution is 5.77. The van der Waals surface area contributed by atoms with Gasteiger partial charge in [-0.3, -0.25) is 4.79 Å². The van der Waals surface area contributed by atoms with Crippen molar-refractivity contribution in [1.29, 1.82) is 0 Å². The number of likely N-dealkylation sites (tertiary alicyclic amines) is 1. The number of methoxy groups -OCH3 is 1. The van der Waals surface area contributed by atoms with Gasteiger partial charge in [0.05, 0.1) is 0 Å². The zero-order valence-corrected chi connectivity index (χ0v) is 8.16. The molecular formula is C9H18N2O2. The number of nitrogens with zero attached hydrogens (tertiary/aromatic N) is 1. The number of hydrogen-bond donors (Lipinski definition) is 1. The first kappa shape index (κ1) is 10.5. The Labute approximate surface area is 79.0 Å². The van der Waals surface area contributed by atoms with E-state index in [0.29, 0.717) is 12.5 Å². The Kier molecular flexibility index (Phi) is 4.18. The highest BCUT2D eigenvalue weighted by atomic mass is 16.5. The summed E-state index contributed by atoms with van der Waals surface area (Å²) in [4.78, 5) is 13.3. The van der Waals surface area contributed by atoms with Gasteiger partial charge in [-0.15, -0.1) is 0 Å². The van der Waals surface area contributed by atoms with Crippen LogP contribution in [0, 0.1) is 5.92 Å². The molecule has 4 nitrogen and oxygen atoms in total. The van der Waals surface area contributed by atoms with Crippen LogP contribution in [0.15, 0.2) is 0 Å². The van der Waals surface area contributed by atoms with Crippen molar-refractivity contribution >= 4 is 5.91 Å². The van der Waals surface area contributed by atoms with Gasteiger partial charge in [0.1, 0.15) is 6.61 Å². The summed E-state index contributed by atoms with van der Waals surface area (Å²) in [5, 5.41) is 0. The van der Waals surface area contributed by atoms with Gasteiger partial charge in [-0.1, -0.05) is 0 Å². The van der Waals surface area contributed by atoms with Gasteiger partial charge in [-0.05, 0) is 25.3 Å². The summed E-state index contributed by atoms with van der Waals surface area (Å²) >= 11 is 0. The van der Waals surface area contributed by atoms with Crippen LogP contribution in [0.4, 0.5) is 0 Å². The first-order valence-corrected chi connectivity index (χ1v) is 4.74. The lowest BCUT2D eigenvalue weighted by Gasteiger charge is -2.31. The van der Waals surface area contributed by atoms with Crippen molar-refractivity contribution in [2.45, 2.75) is 12.8 Å². The van der Waals surface area contributed by atoms with Crippen LogP contribution in [-0.2, 0) is 9.53 Å². The SMILES string of the molecule is COCC(=O)N1CCCC(CN)C1. The van der Waals surface area contributed by atoms with Crippen LogP contribution < -0.4 is 5.73 Å². The third-order valence-electron chi connectivity index (χ3n) is 2.47. The van der Waals surface area contributed by atoms with E-state index in [9.17, 15) is 4.79 Å². The van der Waals surface area contributed by atoms with Crippen molar-refractivity contribution in [2.75, 3.05) is 33.4 Å². The second-order valence-corrected chi connectivity index (χ2v) is 3.52. The molecule has 0 bridgehead atoms. The average molecular weight is 186 g/mol. The Hall–Kier alpha value is -0.610. The molecule has 1 fully saturated rings. The molecule has 2 N–H and O–H groups in total. The average Bonchev–Trinajstić information content (AvgIpc) is 2.18. The molecule has 0 aliphatic carbocycles. The number of carbonyl (C=O) groups excluding carboxylic acids is 1. The smallest absolute Gasteiger partial charge is 0.248 e. The number of carbonyl (C=O) groups is 1. The third-order valence-corrected chi connectivity index (χ3v) is 2.47. The van der Waals surface area contributed by atoms with Gasteiger partial charge >= 0.3 is 0 Å². The molecule has 1 rings (SSSR count). The van der Waals surface area contributed by atoms with Crippen molar-refractivity contribution in [2.24, 2.45) is 11.7 Å². The van der Waals surface area contributed by atoms with E-state index in [2.05, 4.69) is 0 Å². The van der Waals surface area contributed by atoms with E-state index < -0.39 is 0 Å². The number of amides is 1.